The standard InChI is InChI=1S/C15H13FN4OS2/c16-11-5-3-10(4-6-11)14(12-2-1-7-22-12)19-13(21)8-23-15-17-9-18-20-15/h1-7,9,14H,8H2,(H,19,21)(H,17,18,20)/t14-/m1/s1. The van der Waals surface area contributed by atoms with Crippen molar-refractivity contribution in [2.75, 3.05) is 5.75 Å². The number of hydrogen-bond acceptors (Lipinski definition) is 5. The Kier molecular flexibility index (Phi) is 5.04. The molecule has 0 saturated carbocycles. The van der Waals surface area contributed by atoms with E-state index < -0.39 is 0 Å². The highest BCUT2D eigenvalue weighted by Crippen LogP contribution is 2.26. The van der Waals surface area contributed by atoms with E-state index >= 15 is 0 Å². The van der Waals surface area contributed by atoms with Gasteiger partial charge in [-0.2, -0.15) is 5.10 Å². The molecule has 0 aliphatic rings. The molecule has 0 radical (unpaired) electrons. The molecule has 5 nitrogen and oxygen atoms in total. The molecule has 0 saturated heterocycles. The van der Waals surface area contributed by atoms with Crippen LogP contribution in [0, 0.1) is 5.82 Å². The molecule has 1 atom stereocenters. The molecule has 2 heterocycles. The largest absolute Gasteiger partial charge is 0.344 e. The second kappa shape index (κ2) is 7.38. The SMILES string of the molecule is O=C(CSc1ncn[nH]1)N[C@H](c1ccc(F)cc1)c1cccs1. The van der Waals surface area contributed by atoms with Gasteiger partial charge in [0.2, 0.25) is 5.91 Å². The van der Waals surface area contributed by atoms with Crippen LogP contribution in [0.1, 0.15) is 16.5 Å². The molecule has 3 aromatic rings. The summed E-state index contributed by atoms with van der Waals surface area (Å²) in [5.41, 5.74) is 0.840. The van der Waals surface area contributed by atoms with Gasteiger partial charge in [-0.1, -0.05) is 30.0 Å². The lowest BCUT2D eigenvalue weighted by molar-refractivity contribution is -0.119. The van der Waals surface area contributed by atoms with Gasteiger partial charge in [-0.3, -0.25) is 9.89 Å². The molecule has 0 aliphatic heterocycles. The molecule has 1 aromatic carbocycles. The fraction of sp³-hybridized carbons (Fsp3) is 0.133. The van der Waals surface area contributed by atoms with Crippen molar-refractivity contribution in [3.05, 3.63) is 64.4 Å². The van der Waals surface area contributed by atoms with Crippen molar-refractivity contribution in [2.45, 2.75) is 11.2 Å². The number of nitrogens with zero attached hydrogens (tertiary/aromatic N) is 2. The first kappa shape index (κ1) is 15.7. The van der Waals surface area contributed by atoms with Gasteiger partial charge in [-0.15, -0.1) is 11.3 Å². The Morgan fingerprint density at radius 3 is 2.83 bits per heavy atom. The van der Waals surface area contributed by atoms with E-state index in [1.54, 1.807) is 23.5 Å². The van der Waals surface area contributed by atoms with Crippen molar-refractivity contribution < 1.29 is 9.18 Å². The fourth-order valence-corrected chi connectivity index (χ4v) is 3.42. The number of carbonyl (C=O) groups is 1. The van der Waals surface area contributed by atoms with Crippen LogP contribution in [-0.4, -0.2) is 26.8 Å². The van der Waals surface area contributed by atoms with E-state index in [1.165, 1.54) is 30.2 Å². The minimum Gasteiger partial charge on any atom is -0.344 e. The average Bonchev–Trinajstić information content (AvgIpc) is 3.25. The number of H-pyrrole nitrogens is 1. The zero-order chi connectivity index (χ0) is 16.1. The molecule has 118 valence electrons. The van der Waals surface area contributed by atoms with E-state index in [0.29, 0.717) is 5.16 Å². The van der Waals surface area contributed by atoms with E-state index in [1.807, 2.05) is 17.5 Å². The molecule has 2 N–H and O–H groups in total. The molecule has 0 fully saturated rings. The van der Waals surface area contributed by atoms with E-state index in [0.717, 1.165) is 10.4 Å². The predicted octanol–water partition coefficient (Wildman–Crippen LogP) is 3.00. The van der Waals surface area contributed by atoms with E-state index in [-0.39, 0.29) is 23.5 Å². The van der Waals surface area contributed by atoms with Crippen molar-refractivity contribution >= 4 is 29.0 Å². The van der Waals surface area contributed by atoms with Crippen LogP contribution >= 0.6 is 23.1 Å². The maximum absolute atomic E-state index is 13.1. The van der Waals surface area contributed by atoms with Crippen LogP contribution in [0.25, 0.3) is 0 Å². The normalized spacial score (nSPS) is 12.0. The number of nitrogens with one attached hydrogen (secondary N) is 2. The van der Waals surface area contributed by atoms with Crippen LogP contribution in [0.3, 0.4) is 0 Å². The summed E-state index contributed by atoms with van der Waals surface area (Å²) in [7, 11) is 0. The van der Waals surface area contributed by atoms with Crippen LogP contribution in [0.5, 0.6) is 0 Å². The topological polar surface area (TPSA) is 70.7 Å². The molecule has 8 heteroatoms. The van der Waals surface area contributed by atoms with Crippen LogP contribution in [0.4, 0.5) is 4.39 Å². The highest BCUT2D eigenvalue weighted by atomic mass is 32.2. The molecule has 0 unspecified atom stereocenters. The summed E-state index contributed by atoms with van der Waals surface area (Å²) in [6, 6.07) is 9.73. The van der Waals surface area contributed by atoms with Crippen LogP contribution in [-0.2, 0) is 4.79 Å². The number of halogens is 1. The van der Waals surface area contributed by atoms with Gasteiger partial charge in [-0.05, 0) is 29.1 Å². The summed E-state index contributed by atoms with van der Waals surface area (Å²) < 4.78 is 13.1. The van der Waals surface area contributed by atoms with E-state index in [4.69, 9.17) is 0 Å². The molecule has 0 aliphatic carbocycles. The molecule has 3 rings (SSSR count). The van der Waals surface area contributed by atoms with Crippen molar-refractivity contribution in [2.24, 2.45) is 0 Å². The molecule has 0 spiro atoms. The highest BCUT2D eigenvalue weighted by Gasteiger charge is 2.18. The molecule has 0 bridgehead atoms. The third-order valence-corrected chi connectivity index (χ3v) is 4.88. The summed E-state index contributed by atoms with van der Waals surface area (Å²) in [6.45, 7) is 0. The number of thiophene rings is 1. The van der Waals surface area contributed by atoms with Crippen molar-refractivity contribution in [3.8, 4) is 0 Å². The minimum atomic E-state index is -0.300. The molecular formula is C15H13FN4OS2. The molecule has 1 amide bonds. The number of amides is 1. The predicted molar refractivity (Wildman–Crippen MR) is 87.8 cm³/mol. The Morgan fingerprint density at radius 1 is 1.35 bits per heavy atom. The summed E-state index contributed by atoms with van der Waals surface area (Å²) in [6.07, 6.45) is 1.40. The van der Waals surface area contributed by atoms with Gasteiger partial charge < -0.3 is 5.32 Å². The average molecular weight is 348 g/mol. The van der Waals surface area contributed by atoms with Gasteiger partial charge in [0.1, 0.15) is 12.1 Å². The molecule has 2 aromatic heterocycles. The lowest BCUT2D eigenvalue weighted by atomic mass is 10.1. The second-order valence-electron chi connectivity index (χ2n) is 4.65. The summed E-state index contributed by atoms with van der Waals surface area (Å²) in [4.78, 5) is 17.2. The minimum absolute atomic E-state index is 0.130. The van der Waals surface area contributed by atoms with E-state index in [9.17, 15) is 9.18 Å². The zero-order valence-electron chi connectivity index (χ0n) is 11.9. The Labute approximate surface area is 140 Å². The third kappa shape index (κ3) is 4.17. The Hall–Kier alpha value is -2.19. The maximum atomic E-state index is 13.1. The van der Waals surface area contributed by atoms with Gasteiger partial charge in [0, 0.05) is 4.88 Å². The Morgan fingerprint density at radius 2 is 2.17 bits per heavy atom. The summed E-state index contributed by atoms with van der Waals surface area (Å²) in [5.74, 6) is -0.210. The van der Waals surface area contributed by atoms with Crippen molar-refractivity contribution in [1.82, 2.24) is 20.5 Å². The van der Waals surface area contributed by atoms with Crippen LogP contribution in [0.2, 0.25) is 0 Å². The summed E-state index contributed by atoms with van der Waals surface area (Å²) in [5, 5.41) is 12.0. The third-order valence-electron chi connectivity index (χ3n) is 3.07. The van der Waals surface area contributed by atoms with E-state index in [2.05, 4.69) is 20.5 Å². The highest BCUT2D eigenvalue weighted by molar-refractivity contribution is 7.99. The second-order valence-corrected chi connectivity index (χ2v) is 6.59. The monoisotopic (exact) mass is 348 g/mol. The number of aromatic nitrogens is 3. The van der Waals surface area contributed by atoms with Gasteiger partial charge in [-0.25, -0.2) is 9.37 Å². The Balaban J connectivity index is 1.71. The smallest absolute Gasteiger partial charge is 0.231 e. The number of hydrogen-bond donors (Lipinski definition) is 2. The first-order valence-electron chi connectivity index (χ1n) is 6.79. The zero-order valence-corrected chi connectivity index (χ0v) is 13.5. The lowest BCUT2D eigenvalue weighted by Crippen LogP contribution is -2.30. The quantitative estimate of drug-likeness (QED) is 0.672. The molecule has 23 heavy (non-hydrogen) atoms. The fourth-order valence-electron chi connectivity index (χ4n) is 2.03. The number of aromatic amines is 1. The van der Waals surface area contributed by atoms with Gasteiger partial charge in [0.15, 0.2) is 5.16 Å². The lowest BCUT2D eigenvalue weighted by Gasteiger charge is -2.18. The van der Waals surface area contributed by atoms with Crippen molar-refractivity contribution in [1.29, 1.82) is 0 Å². The number of thioether (sulfide) groups is 1. The number of rotatable bonds is 6. The first-order chi connectivity index (χ1) is 11.2. The number of carbonyl (C=O) groups excluding carboxylic acids is 1. The van der Waals surface area contributed by atoms with Crippen LogP contribution in [0.15, 0.2) is 53.3 Å². The van der Waals surface area contributed by atoms with Crippen molar-refractivity contribution in [3.63, 3.8) is 0 Å². The Bertz CT molecular complexity index is 744. The maximum Gasteiger partial charge on any atom is 0.231 e. The van der Waals surface area contributed by atoms with Crippen LogP contribution < -0.4 is 5.32 Å². The molecular weight excluding hydrogens is 335 g/mol. The van der Waals surface area contributed by atoms with Gasteiger partial charge >= 0.3 is 0 Å². The first-order valence-corrected chi connectivity index (χ1v) is 8.65. The number of benzene rings is 1. The van der Waals surface area contributed by atoms with Gasteiger partial charge in [0.25, 0.3) is 0 Å². The van der Waals surface area contributed by atoms with Gasteiger partial charge in [0.05, 0.1) is 11.8 Å². The summed E-state index contributed by atoms with van der Waals surface area (Å²) >= 11 is 2.82.